The van der Waals surface area contributed by atoms with Crippen molar-refractivity contribution in [3.63, 3.8) is 0 Å². The molecular formula is C16H38Al2. The molecule has 0 rings (SSSR count). The van der Waals surface area contributed by atoms with Crippen molar-refractivity contribution < 1.29 is 0 Å². The number of hydrogen-bond donors (Lipinski definition) is 0. The summed E-state index contributed by atoms with van der Waals surface area (Å²) in [5.74, 6) is 2.78. The summed E-state index contributed by atoms with van der Waals surface area (Å²) in [6.45, 7) is 16.5. The quantitative estimate of drug-likeness (QED) is 0.531. The maximum absolute atomic E-state index is 2.38. The summed E-state index contributed by atoms with van der Waals surface area (Å²) in [6.07, 6.45) is 2.83. The van der Waals surface area contributed by atoms with E-state index in [1.54, 1.807) is 15.8 Å². The summed E-state index contributed by atoms with van der Waals surface area (Å²) in [5, 5.41) is 6.14. The summed E-state index contributed by atoms with van der Waals surface area (Å²) < 4.78 is 0. The molecular weight excluding hydrogens is 246 g/mol. The fraction of sp³-hybridized carbons (Fsp3) is 1.00. The molecule has 0 aliphatic carbocycles. The lowest BCUT2D eigenvalue weighted by molar-refractivity contribution is 0.659. The zero-order valence-electron chi connectivity index (χ0n) is 14.6. The van der Waals surface area contributed by atoms with Crippen LogP contribution in [0.3, 0.4) is 0 Å². The summed E-state index contributed by atoms with van der Waals surface area (Å²) in [5.41, 5.74) is 0. The predicted molar refractivity (Wildman–Crippen MR) is 92.9 cm³/mol. The van der Waals surface area contributed by atoms with E-state index in [4.69, 9.17) is 0 Å². The Morgan fingerprint density at radius 3 is 1.22 bits per heavy atom. The van der Waals surface area contributed by atoms with Gasteiger partial charge in [-0.2, -0.15) is 0 Å². The van der Waals surface area contributed by atoms with Crippen LogP contribution in [0.2, 0.25) is 21.1 Å². The number of hydrogen-bond acceptors (Lipinski definition) is 0. The molecule has 2 heteroatoms. The standard InChI is InChI=1S/4C4H9.2Al.2H/c3*1-4(2)3;1-3-4-2;;;;/h3*4H,1H2,2-3H3;1,3-4H2,2H3;;;;. The van der Waals surface area contributed by atoms with Crippen LogP contribution in [0.5, 0.6) is 0 Å². The normalized spacial score (nSPS) is 10.8. The molecule has 0 aromatic heterocycles. The predicted octanol–water partition coefficient (Wildman–Crippen LogP) is 5.29. The van der Waals surface area contributed by atoms with E-state index in [9.17, 15) is 0 Å². The topological polar surface area (TPSA) is 0 Å². The molecule has 0 fully saturated rings. The molecule has 0 amide bonds. The van der Waals surface area contributed by atoms with Crippen LogP contribution in [0.15, 0.2) is 0 Å². The van der Waals surface area contributed by atoms with Crippen molar-refractivity contribution in [1.82, 2.24) is 0 Å². The van der Waals surface area contributed by atoms with Gasteiger partial charge in [0.25, 0.3) is 14.1 Å². The highest BCUT2D eigenvalue weighted by Crippen LogP contribution is 2.20. The average Bonchev–Trinajstić information content (AvgIpc) is 2.16. The molecule has 0 radical (unpaired) electrons. The smallest absolute Gasteiger partial charge is 0.101 e. The molecule has 0 atom stereocenters. The first-order chi connectivity index (χ1) is 8.33. The largest absolute Gasteiger partial charge is 0.262 e. The second kappa shape index (κ2) is 14.5. The SMILES string of the molecule is CC(C)[CH2][Al]([CH2]C(C)C)[CH2]C(C)C.CCC[CH2][AlH2]. The second-order valence-corrected chi connectivity index (χ2v) is 11.3. The molecule has 0 spiro atoms. The van der Waals surface area contributed by atoms with Gasteiger partial charge in [0, 0.05) is 0 Å². The zero-order valence-corrected chi connectivity index (χ0v) is 17.7. The highest BCUT2D eigenvalue weighted by molar-refractivity contribution is 6.58. The van der Waals surface area contributed by atoms with Crippen LogP contribution in [0.25, 0.3) is 0 Å². The average molecular weight is 284 g/mol. The molecule has 0 saturated carbocycles. The fourth-order valence-electron chi connectivity index (χ4n) is 2.64. The number of rotatable bonds is 8. The molecule has 0 aromatic carbocycles. The molecule has 18 heavy (non-hydrogen) atoms. The van der Waals surface area contributed by atoms with E-state index in [0.717, 1.165) is 17.8 Å². The monoisotopic (exact) mass is 284 g/mol. The van der Waals surface area contributed by atoms with Gasteiger partial charge in [0.15, 0.2) is 0 Å². The lowest BCUT2D eigenvalue weighted by atomic mass is 10.2. The third-order valence-electron chi connectivity index (χ3n) is 3.12. The summed E-state index contributed by atoms with van der Waals surface area (Å²) in [6, 6.07) is 0. The third-order valence-corrected chi connectivity index (χ3v) is 8.66. The molecule has 0 heterocycles. The van der Waals surface area contributed by atoms with Gasteiger partial charge in [0.2, 0.25) is 16.3 Å². The first-order valence-electron chi connectivity index (χ1n) is 8.33. The van der Waals surface area contributed by atoms with Crippen molar-refractivity contribution in [1.29, 1.82) is 0 Å². The molecule has 0 aromatic rings. The van der Waals surface area contributed by atoms with E-state index in [2.05, 4.69) is 48.5 Å². The molecule has 0 N–H and O–H groups in total. The maximum Gasteiger partial charge on any atom is 0.262 e. The minimum atomic E-state index is -0.407. The van der Waals surface area contributed by atoms with E-state index >= 15 is 0 Å². The van der Waals surface area contributed by atoms with Crippen molar-refractivity contribution in [2.45, 2.75) is 82.4 Å². The van der Waals surface area contributed by atoms with Gasteiger partial charge in [0.05, 0.1) is 0 Å². The Morgan fingerprint density at radius 1 is 0.778 bits per heavy atom. The Morgan fingerprint density at radius 2 is 1.11 bits per heavy atom. The Balaban J connectivity index is 0. The van der Waals surface area contributed by atoms with Crippen molar-refractivity contribution in [2.24, 2.45) is 17.8 Å². The lowest BCUT2D eigenvalue weighted by Crippen LogP contribution is -2.19. The zero-order chi connectivity index (χ0) is 14.6. The van der Waals surface area contributed by atoms with E-state index in [-0.39, 0.29) is 0 Å². The second-order valence-electron chi connectivity index (χ2n) is 7.11. The Labute approximate surface area is 130 Å². The minimum absolute atomic E-state index is 0.407. The minimum Gasteiger partial charge on any atom is -0.101 e. The lowest BCUT2D eigenvalue weighted by Gasteiger charge is -2.17. The Hall–Kier alpha value is 1.06. The van der Waals surface area contributed by atoms with Gasteiger partial charge >= 0.3 is 0 Å². The first-order valence-corrected chi connectivity index (χ1v) is 12.2. The van der Waals surface area contributed by atoms with E-state index in [1.807, 2.05) is 0 Å². The fourth-order valence-corrected chi connectivity index (χ4v) is 7.93. The van der Waals surface area contributed by atoms with Gasteiger partial charge in [-0.15, -0.1) is 5.28 Å². The van der Waals surface area contributed by atoms with Crippen LogP contribution in [0.1, 0.15) is 61.3 Å². The molecule has 0 bridgehead atoms. The van der Waals surface area contributed by atoms with Crippen LogP contribution in [0.4, 0.5) is 0 Å². The van der Waals surface area contributed by atoms with Crippen LogP contribution in [-0.2, 0) is 0 Å². The van der Waals surface area contributed by atoms with Crippen LogP contribution >= 0.6 is 0 Å². The molecule has 108 valence electrons. The van der Waals surface area contributed by atoms with Gasteiger partial charge in [-0.25, -0.2) is 0 Å². The maximum atomic E-state index is 2.38. The van der Waals surface area contributed by atoms with Crippen molar-refractivity contribution in [3.05, 3.63) is 0 Å². The third kappa shape index (κ3) is 19.4. The van der Waals surface area contributed by atoms with Gasteiger partial charge in [-0.1, -0.05) is 94.9 Å². The van der Waals surface area contributed by atoms with Crippen LogP contribution in [0, 0.1) is 17.8 Å². The molecule has 0 aliphatic rings. The molecule has 0 aliphatic heterocycles. The van der Waals surface area contributed by atoms with E-state index < -0.39 is 14.1 Å². The van der Waals surface area contributed by atoms with Crippen LogP contribution in [-0.4, -0.2) is 30.4 Å². The summed E-state index contributed by atoms with van der Waals surface area (Å²) >= 11 is 0.991. The molecule has 0 nitrogen and oxygen atoms in total. The highest BCUT2D eigenvalue weighted by Gasteiger charge is 2.20. The van der Waals surface area contributed by atoms with E-state index in [1.165, 1.54) is 34.4 Å². The Kier molecular flexibility index (Phi) is 17.2. The summed E-state index contributed by atoms with van der Waals surface area (Å²) in [7, 11) is 0. The van der Waals surface area contributed by atoms with Gasteiger partial charge < -0.3 is 0 Å². The van der Waals surface area contributed by atoms with Crippen molar-refractivity contribution >= 4 is 30.4 Å². The van der Waals surface area contributed by atoms with E-state index in [0.29, 0.717) is 0 Å². The van der Waals surface area contributed by atoms with Crippen molar-refractivity contribution in [2.75, 3.05) is 0 Å². The number of unbranched alkanes of at least 4 members (excludes halogenated alkanes) is 1. The summed E-state index contributed by atoms with van der Waals surface area (Å²) in [4.78, 5) is 0. The van der Waals surface area contributed by atoms with Gasteiger partial charge in [-0.3, -0.25) is 0 Å². The van der Waals surface area contributed by atoms with Crippen molar-refractivity contribution in [3.8, 4) is 0 Å². The van der Waals surface area contributed by atoms with Gasteiger partial charge in [0.1, 0.15) is 0 Å². The van der Waals surface area contributed by atoms with Gasteiger partial charge in [-0.05, 0) is 0 Å². The molecule has 0 saturated heterocycles. The van der Waals surface area contributed by atoms with Crippen LogP contribution < -0.4 is 0 Å². The Bertz CT molecular complexity index is 127. The first kappa shape index (κ1) is 21.4. The highest BCUT2D eigenvalue weighted by atomic mass is 27.2. The molecule has 0 unspecified atom stereocenters.